The molecule has 0 bridgehead atoms. The van der Waals surface area contributed by atoms with E-state index in [2.05, 4.69) is 26.1 Å². The van der Waals surface area contributed by atoms with Crippen LogP contribution < -0.4 is 5.32 Å². The van der Waals surface area contributed by atoms with Gasteiger partial charge in [-0.05, 0) is 30.9 Å². The van der Waals surface area contributed by atoms with Gasteiger partial charge in [0, 0.05) is 6.04 Å². The second-order valence-corrected chi connectivity index (χ2v) is 6.11. The third-order valence-corrected chi connectivity index (χ3v) is 3.75. The summed E-state index contributed by atoms with van der Waals surface area (Å²) in [4.78, 5) is 0. The summed E-state index contributed by atoms with van der Waals surface area (Å²) in [6.45, 7) is 7.99. The molecule has 0 amide bonds. The third-order valence-electron chi connectivity index (χ3n) is 3.75. The molecule has 1 aromatic heterocycles. The van der Waals surface area contributed by atoms with Crippen LogP contribution in [0.2, 0.25) is 0 Å². The molecule has 0 aliphatic heterocycles. The molecule has 2 atom stereocenters. The minimum atomic E-state index is 0.422. The van der Waals surface area contributed by atoms with Gasteiger partial charge in [0.25, 0.3) is 0 Å². The zero-order valence-corrected chi connectivity index (χ0v) is 12.4. The maximum atomic E-state index is 5.96. The molecule has 1 saturated carbocycles. The van der Waals surface area contributed by atoms with Gasteiger partial charge in [0.05, 0.1) is 12.6 Å². The lowest BCUT2D eigenvalue weighted by Crippen LogP contribution is -2.21. The SMILES string of the molecule is CC1CCCC(OCc2ccc(CNC(C)C)o2)C1. The molecule has 1 aliphatic carbocycles. The fourth-order valence-corrected chi connectivity index (χ4v) is 2.63. The summed E-state index contributed by atoms with van der Waals surface area (Å²) in [6, 6.07) is 4.55. The van der Waals surface area contributed by atoms with Gasteiger partial charge in [-0.25, -0.2) is 0 Å². The molecule has 1 heterocycles. The Morgan fingerprint density at radius 3 is 2.84 bits per heavy atom. The van der Waals surface area contributed by atoms with Gasteiger partial charge in [0.1, 0.15) is 18.1 Å². The summed E-state index contributed by atoms with van der Waals surface area (Å²) in [7, 11) is 0. The van der Waals surface area contributed by atoms with Crippen LogP contribution in [0.15, 0.2) is 16.5 Å². The standard InChI is InChI=1S/C16H27NO2/c1-12(2)17-10-15-7-8-16(19-15)11-18-14-6-4-5-13(3)9-14/h7-8,12-14,17H,4-6,9-11H2,1-3H3. The second kappa shape index (κ2) is 7.11. The number of ether oxygens (including phenoxy) is 1. The normalized spacial score (nSPS) is 24.0. The highest BCUT2D eigenvalue weighted by Crippen LogP contribution is 2.26. The van der Waals surface area contributed by atoms with Crippen molar-refractivity contribution in [2.24, 2.45) is 5.92 Å². The molecule has 3 heteroatoms. The van der Waals surface area contributed by atoms with Crippen LogP contribution >= 0.6 is 0 Å². The minimum absolute atomic E-state index is 0.422. The topological polar surface area (TPSA) is 34.4 Å². The van der Waals surface area contributed by atoms with Gasteiger partial charge < -0.3 is 14.5 Å². The van der Waals surface area contributed by atoms with Crippen LogP contribution in [0.4, 0.5) is 0 Å². The first-order valence-corrected chi connectivity index (χ1v) is 7.56. The Bertz CT molecular complexity index is 373. The van der Waals surface area contributed by atoms with E-state index in [9.17, 15) is 0 Å². The highest BCUT2D eigenvalue weighted by atomic mass is 16.5. The van der Waals surface area contributed by atoms with Crippen molar-refractivity contribution in [1.82, 2.24) is 5.32 Å². The monoisotopic (exact) mass is 265 g/mol. The van der Waals surface area contributed by atoms with Gasteiger partial charge in [0.15, 0.2) is 0 Å². The first-order chi connectivity index (χ1) is 9.13. The van der Waals surface area contributed by atoms with Gasteiger partial charge in [0.2, 0.25) is 0 Å². The highest BCUT2D eigenvalue weighted by Gasteiger charge is 2.19. The van der Waals surface area contributed by atoms with Crippen LogP contribution in [-0.2, 0) is 17.9 Å². The van der Waals surface area contributed by atoms with E-state index in [0.29, 0.717) is 18.8 Å². The molecule has 3 nitrogen and oxygen atoms in total. The summed E-state index contributed by atoms with van der Waals surface area (Å²) >= 11 is 0. The molecule has 19 heavy (non-hydrogen) atoms. The Kier molecular flexibility index (Phi) is 5.46. The molecule has 1 aromatic rings. The Balaban J connectivity index is 1.73. The predicted octanol–water partition coefficient (Wildman–Crippen LogP) is 3.87. The average molecular weight is 265 g/mol. The quantitative estimate of drug-likeness (QED) is 0.847. The lowest BCUT2D eigenvalue weighted by atomic mass is 9.89. The highest BCUT2D eigenvalue weighted by molar-refractivity contribution is 5.06. The molecule has 1 aliphatic rings. The Morgan fingerprint density at radius 2 is 2.11 bits per heavy atom. The van der Waals surface area contributed by atoms with Crippen molar-refractivity contribution >= 4 is 0 Å². The van der Waals surface area contributed by atoms with Crippen LogP contribution in [-0.4, -0.2) is 12.1 Å². The van der Waals surface area contributed by atoms with Crippen molar-refractivity contribution in [3.8, 4) is 0 Å². The van der Waals surface area contributed by atoms with Crippen molar-refractivity contribution in [3.05, 3.63) is 23.7 Å². The van der Waals surface area contributed by atoms with E-state index in [1.807, 2.05) is 12.1 Å². The van der Waals surface area contributed by atoms with E-state index >= 15 is 0 Å². The lowest BCUT2D eigenvalue weighted by molar-refractivity contribution is -0.00301. The van der Waals surface area contributed by atoms with Crippen molar-refractivity contribution in [2.45, 2.75) is 71.8 Å². The second-order valence-electron chi connectivity index (χ2n) is 6.11. The summed E-state index contributed by atoms with van der Waals surface area (Å²) in [6.07, 6.45) is 5.47. The van der Waals surface area contributed by atoms with Crippen LogP contribution in [0, 0.1) is 5.92 Å². The first-order valence-electron chi connectivity index (χ1n) is 7.56. The van der Waals surface area contributed by atoms with E-state index in [4.69, 9.17) is 9.15 Å². The molecule has 2 unspecified atom stereocenters. The average Bonchev–Trinajstić information content (AvgIpc) is 2.82. The van der Waals surface area contributed by atoms with Crippen molar-refractivity contribution in [2.75, 3.05) is 0 Å². The number of hydrogen-bond acceptors (Lipinski definition) is 3. The van der Waals surface area contributed by atoms with Crippen LogP contribution in [0.1, 0.15) is 58.0 Å². The predicted molar refractivity (Wildman–Crippen MR) is 76.9 cm³/mol. The summed E-state index contributed by atoms with van der Waals surface area (Å²) in [5.41, 5.74) is 0. The fraction of sp³-hybridized carbons (Fsp3) is 0.750. The number of nitrogens with one attached hydrogen (secondary N) is 1. The summed E-state index contributed by atoms with van der Waals surface area (Å²) in [5.74, 6) is 2.74. The molecular formula is C16H27NO2. The Hall–Kier alpha value is -0.800. The van der Waals surface area contributed by atoms with Gasteiger partial charge in [-0.2, -0.15) is 0 Å². The molecule has 2 rings (SSSR count). The molecule has 0 saturated heterocycles. The molecule has 0 aromatic carbocycles. The van der Waals surface area contributed by atoms with Crippen molar-refractivity contribution in [3.63, 3.8) is 0 Å². The van der Waals surface area contributed by atoms with Gasteiger partial charge in [-0.15, -0.1) is 0 Å². The van der Waals surface area contributed by atoms with Crippen LogP contribution in [0.5, 0.6) is 0 Å². The minimum Gasteiger partial charge on any atom is -0.462 e. The largest absolute Gasteiger partial charge is 0.462 e. The van der Waals surface area contributed by atoms with Crippen LogP contribution in [0.3, 0.4) is 0 Å². The zero-order chi connectivity index (χ0) is 13.7. The third kappa shape index (κ3) is 5.00. The zero-order valence-electron chi connectivity index (χ0n) is 12.4. The van der Waals surface area contributed by atoms with Crippen LogP contribution in [0.25, 0.3) is 0 Å². The maximum absolute atomic E-state index is 5.96. The number of furan rings is 1. The lowest BCUT2D eigenvalue weighted by Gasteiger charge is -2.26. The Labute approximate surface area is 116 Å². The fourth-order valence-electron chi connectivity index (χ4n) is 2.63. The first kappa shape index (κ1) is 14.6. The number of rotatable bonds is 6. The van der Waals surface area contributed by atoms with E-state index in [0.717, 1.165) is 24.0 Å². The van der Waals surface area contributed by atoms with E-state index < -0.39 is 0 Å². The van der Waals surface area contributed by atoms with Crippen molar-refractivity contribution < 1.29 is 9.15 Å². The molecular weight excluding hydrogens is 238 g/mol. The maximum Gasteiger partial charge on any atom is 0.129 e. The molecule has 0 spiro atoms. The van der Waals surface area contributed by atoms with Gasteiger partial charge >= 0.3 is 0 Å². The van der Waals surface area contributed by atoms with E-state index in [-0.39, 0.29) is 0 Å². The summed E-state index contributed by atoms with van der Waals surface area (Å²) in [5, 5.41) is 3.35. The van der Waals surface area contributed by atoms with Gasteiger partial charge in [-0.1, -0.05) is 33.6 Å². The molecule has 1 fully saturated rings. The summed E-state index contributed by atoms with van der Waals surface area (Å²) < 4.78 is 11.7. The Morgan fingerprint density at radius 1 is 1.32 bits per heavy atom. The van der Waals surface area contributed by atoms with E-state index in [1.165, 1.54) is 25.7 Å². The van der Waals surface area contributed by atoms with Gasteiger partial charge in [-0.3, -0.25) is 0 Å². The molecule has 0 radical (unpaired) electrons. The smallest absolute Gasteiger partial charge is 0.129 e. The van der Waals surface area contributed by atoms with E-state index in [1.54, 1.807) is 0 Å². The number of hydrogen-bond donors (Lipinski definition) is 1. The molecule has 1 N–H and O–H groups in total. The van der Waals surface area contributed by atoms with Crippen molar-refractivity contribution in [1.29, 1.82) is 0 Å². The molecule has 108 valence electrons.